The fraction of sp³-hybridized carbons (Fsp3) is 0.538. The Hall–Kier alpha value is -2.48. The van der Waals surface area contributed by atoms with Crippen LogP contribution in [0.3, 0.4) is 0 Å². The quantitative estimate of drug-likeness (QED) is 0.518. The number of hydrogen-bond donors (Lipinski definition) is 2. The van der Waals surface area contributed by atoms with Gasteiger partial charge in [-0.15, -0.1) is 0 Å². The van der Waals surface area contributed by atoms with Crippen LogP contribution in [0.15, 0.2) is 21.5 Å². The highest BCUT2D eigenvalue weighted by molar-refractivity contribution is 5.82. The average molecular weight is 455 g/mol. The maximum atomic E-state index is 12.6. The van der Waals surface area contributed by atoms with E-state index >= 15 is 0 Å². The van der Waals surface area contributed by atoms with Gasteiger partial charge in [-0.05, 0) is 74.4 Å². The SMILES string of the molecule is CCCCCc1c(C)c(C)c(-c2cc3cn(C4CC(O)C(CO)O4)c(=O)nc3o2)c(C)c1C. The van der Waals surface area contributed by atoms with E-state index in [2.05, 4.69) is 39.6 Å². The van der Waals surface area contributed by atoms with Crippen LogP contribution in [0.25, 0.3) is 22.4 Å². The molecule has 0 amide bonds. The van der Waals surface area contributed by atoms with Gasteiger partial charge in [0.15, 0.2) is 0 Å². The number of aromatic nitrogens is 2. The molecule has 3 aromatic rings. The molecule has 1 aliphatic rings. The van der Waals surface area contributed by atoms with Gasteiger partial charge < -0.3 is 19.4 Å². The number of hydrogen-bond acceptors (Lipinski definition) is 6. The number of unbranched alkanes of at least 4 members (excludes halogenated alkanes) is 2. The Balaban J connectivity index is 1.75. The number of aliphatic hydroxyl groups excluding tert-OH is 2. The van der Waals surface area contributed by atoms with Crippen LogP contribution >= 0.6 is 0 Å². The van der Waals surface area contributed by atoms with Crippen LogP contribution in [-0.2, 0) is 11.2 Å². The predicted molar refractivity (Wildman–Crippen MR) is 128 cm³/mol. The molecule has 3 atom stereocenters. The third-order valence-electron chi connectivity index (χ3n) is 7.19. The topological polar surface area (TPSA) is 97.7 Å². The van der Waals surface area contributed by atoms with Gasteiger partial charge >= 0.3 is 5.69 Å². The van der Waals surface area contributed by atoms with E-state index in [1.165, 1.54) is 51.6 Å². The molecule has 0 spiro atoms. The molecule has 33 heavy (non-hydrogen) atoms. The lowest BCUT2D eigenvalue weighted by Crippen LogP contribution is -2.27. The van der Waals surface area contributed by atoms with Crippen molar-refractivity contribution in [3.05, 3.63) is 50.6 Å². The van der Waals surface area contributed by atoms with Crippen LogP contribution < -0.4 is 5.69 Å². The van der Waals surface area contributed by atoms with E-state index in [-0.39, 0.29) is 18.7 Å². The van der Waals surface area contributed by atoms with E-state index < -0.39 is 24.1 Å². The molecule has 2 aromatic heterocycles. The number of aliphatic hydroxyl groups is 2. The number of benzene rings is 1. The number of rotatable bonds is 7. The molecule has 0 bridgehead atoms. The van der Waals surface area contributed by atoms with Gasteiger partial charge in [-0.2, -0.15) is 4.98 Å². The Labute approximate surface area is 194 Å². The molecular weight excluding hydrogens is 420 g/mol. The lowest BCUT2D eigenvalue weighted by atomic mass is 9.86. The van der Waals surface area contributed by atoms with Gasteiger partial charge in [0, 0.05) is 18.2 Å². The van der Waals surface area contributed by atoms with Crippen molar-refractivity contribution in [1.82, 2.24) is 9.55 Å². The summed E-state index contributed by atoms with van der Waals surface area (Å²) >= 11 is 0. The third-order valence-corrected chi connectivity index (χ3v) is 7.19. The highest BCUT2D eigenvalue weighted by atomic mass is 16.5. The largest absolute Gasteiger partial charge is 0.437 e. The van der Waals surface area contributed by atoms with Crippen molar-refractivity contribution in [3.63, 3.8) is 0 Å². The van der Waals surface area contributed by atoms with Gasteiger partial charge in [0.1, 0.15) is 18.1 Å². The van der Waals surface area contributed by atoms with Gasteiger partial charge in [0.2, 0.25) is 5.71 Å². The molecule has 2 N–H and O–H groups in total. The first kappa shape index (κ1) is 23.7. The minimum absolute atomic E-state index is 0.221. The van der Waals surface area contributed by atoms with E-state index in [1.807, 2.05) is 6.07 Å². The molecule has 1 aliphatic heterocycles. The van der Waals surface area contributed by atoms with Crippen molar-refractivity contribution in [3.8, 4) is 11.3 Å². The Morgan fingerprint density at radius 1 is 1.12 bits per heavy atom. The van der Waals surface area contributed by atoms with Crippen molar-refractivity contribution >= 4 is 11.1 Å². The first-order valence-corrected chi connectivity index (χ1v) is 11.8. The Morgan fingerprint density at radius 2 is 1.82 bits per heavy atom. The summed E-state index contributed by atoms with van der Waals surface area (Å²) in [6.45, 7) is 10.5. The smallest absolute Gasteiger partial charge is 0.353 e. The first-order valence-electron chi connectivity index (χ1n) is 11.8. The third kappa shape index (κ3) is 4.25. The Kier molecular flexibility index (Phi) is 6.75. The summed E-state index contributed by atoms with van der Waals surface area (Å²) < 4.78 is 13.1. The van der Waals surface area contributed by atoms with Crippen molar-refractivity contribution in [2.24, 2.45) is 0 Å². The van der Waals surface area contributed by atoms with Crippen LogP contribution in [-0.4, -0.2) is 38.6 Å². The van der Waals surface area contributed by atoms with Gasteiger partial charge in [0.05, 0.1) is 18.1 Å². The second kappa shape index (κ2) is 9.41. The highest BCUT2D eigenvalue weighted by Crippen LogP contribution is 2.37. The minimum Gasteiger partial charge on any atom is -0.437 e. The van der Waals surface area contributed by atoms with E-state index in [0.717, 1.165) is 12.0 Å². The second-order valence-corrected chi connectivity index (χ2v) is 9.23. The van der Waals surface area contributed by atoms with Crippen LogP contribution in [0.2, 0.25) is 0 Å². The summed E-state index contributed by atoms with van der Waals surface area (Å²) in [6.07, 6.45) is 4.38. The van der Waals surface area contributed by atoms with Gasteiger partial charge in [-0.3, -0.25) is 4.57 Å². The minimum atomic E-state index is -0.824. The zero-order valence-electron chi connectivity index (χ0n) is 20.1. The Morgan fingerprint density at radius 3 is 2.42 bits per heavy atom. The zero-order chi connectivity index (χ0) is 23.9. The standard InChI is InChI=1S/C26H34N2O5/c1-6-7-8-9-19-14(2)16(4)24(17(5)15(19)3)21-10-18-12-28(26(31)27-25(18)33-21)23-11-20(30)22(13-29)32-23/h10,12,20,22-23,29-30H,6-9,11,13H2,1-5H3. The summed E-state index contributed by atoms with van der Waals surface area (Å²) in [7, 11) is 0. The number of nitrogens with zero attached hydrogens (tertiary/aromatic N) is 2. The van der Waals surface area contributed by atoms with Gasteiger partial charge in [0.25, 0.3) is 0 Å². The maximum absolute atomic E-state index is 12.6. The number of fused-ring (bicyclic) bond motifs is 1. The van der Waals surface area contributed by atoms with Gasteiger partial charge in [-0.1, -0.05) is 19.8 Å². The first-order chi connectivity index (χ1) is 15.8. The molecule has 1 saturated heterocycles. The normalized spacial score (nSPS) is 20.8. The molecule has 0 radical (unpaired) electrons. The molecule has 3 unspecified atom stereocenters. The van der Waals surface area contributed by atoms with E-state index in [0.29, 0.717) is 11.1 Å². The van der Waals surface area contributed by atoms with Crippen LogP contribution in [0.1, 0.15) is 66.7 Å². The van der Waals surface area contributed by atoms with Gasteiger partial charge in [-0.25, -0.2) is 4.79 Å². The van der Waals surface area contributed by atoms with Crippen molar-refractivity contribution in [2.75, 3.05) is 6.61 Å². The monoisotopic (exact) mass is 454 g/mol. The highest BCUT2D eigenvalue weighted by Gasteiger charge is 2.35. The fourth-order valence-corrected chi connectivity index (χ4v) is 4.99. The number of furan rings is 1. The summed E-state index contributed by atoms with van der Waals surface area (Å²) in [5, 5.41) is 20.1. The maximum Gasteiger partial charge on any atom is 0.353 e. The summed E-state index contributed by atoms with van der Waals surface area (Å²) in [6, 6.07) is 1.91. The lowest BCUT2D eigenvalue weighted by molar-refractivity contribution is -0.0457. The molecule has 7 nitrogen and oxygen atoms in total. The second-order valence-electron chi connectivity index (χ2n) is 9.23. The average Bonchev–Trinajstić information content (AvgIpc) is 3.36. The fourth-order valence-electron chi connectivity index (χ4n) is 4.99. The van der Waals surface area contributed by atoms with E-state index in [4.69, 9.17) is 9.15 Å². The molecule has 4 rings (SSSR count). The number of ether oxygens (including phenoxy) is 1. The van der Waals surface area contributed by atoms with Crippen LogP contribution in [0, 0.1) is 27.7 Å². The Bertz CT molecular complexity index is 1200. The zero-order valence-corrected chi connectivity index (χ0v) is 20.1. The molecule has 0 saturated carbocycles. The molecular formula is C26H34N2O5. The summed E-state index contributed by atoms with van der Waals surface area (Å²) in [5.74, 6) is 0.691. The summed E-state index contributed by atoms with van der Waals surface area (Å²) in [5.41, 5.74) is 7.21. The molecule has 3 heterocycles. The molecule has 1 aromatic carbocycles. The summed E-state index contributed by atoms with van der Waals surface area (Å²) in [4.78, 5) is 16.8. The molecule has 7 heteroatoms. The van der Waals surface area contributed by atoms with Crippen LogP contribution in [0.4, 0.5) is 0 Å². The molecule has 1 fully saturated rings. The van der Waals surface area contributed by atoms with Crippen LogP contribution in [0.5, 0.6) is 0 Å². The molecule has 0 aliphatic carbocycles. The van der Waals surface area contributed by atoms with Crippen molar-refractivity contribution < 1.29 is 19.4 Å². The predicted octanol–water partition coefficient (Wildman–Crippen LogP) is 4.26. The van der Waals surface area contributed by atoms with E-state index in [9.17, 15) is 15.0 Å². The van der Waals surface area contributed by atoms with E-state index in [1.54, 1.807) is 6.20 Å². The van der Waals surface area contributed by atoms with Crippen molar-refractivity contribution in [1.29, 1.82) is 0 Å². The lowest BCUT2D eigenvalue weighted by Gasteiger charge is -2.19. The molecule has 178 valence electrons. The van der Waals surface area contributed by atoms with Crippen molar-refractivity contribution in [2.45, 2.75) is 85.2 Å².